The summed E-state index contributed by atoms with van der Waals surface area (Å²) >= 11 is 0. The van der Waals surface area contributed by atoms with Crippen LogP contribution < -0.4 is 10.2 Å². The van der Waals surface area contributed by atoms with Crippen LogP contribution in [0, 0.1) is 11.6 Å². The zero-order chi connectivity index (χ0) is 13.6. The fraction of sp³-hybridized carbons (Fsp3) is 0.0714. The predicted octanol–water partition coefficient (Wildman–Crippen LogP) is 2.97. The smallest absolute Gasteiger partial charge is 0.200 e. The SMILES string of the molecule is COc1ccc2c(=O)c3c(F)cc(F)cc3[nH]c2c1. The van der Waals surface area contributed by atoms with Crippen LogP contribution in [0.4, 0.5) is 8.78 Å². The number of hydrogen-bond donors (Lipinski definition) is 1. The molecular formula is C14H9F2NO2. The molecule has 96 valence electrons. The van der Waals surface area contributed by atoms with Crippen molar-refractivity contribution in [2.75, 3.05) is 7.11 Å². The monoisotopic (exact) mass is 261 g/mol. The standard InChI is InChI=1S/C14H9F2NO2/c1-19-8-2-3-9-11(6-8)17-12-5-7(15)4-10(16)13(12)14(9)18/h2-6H,1H3,(H,17,18). The van der Waals surface area contributed by atoms with Gasteiger partial charge in [-0.15, -0.1) is 0 Å². The average molecular weight is 261 g/mol. The highest BCUT2D eigenvalue weighted by atomic mass is 19.1. The lowest BCUT2D eigenvalue weighted by atomic mass is 10.1. The van der Waals surface area contributed by atoms with E-state index in [1.54, 1.807) is 18.2 Å². The van der Waals surface area contributed by atoms with Crippen molar-refractivity contribution in [3.05, 3.63) is 52.2 Å². The Labute approximate surface area is 106 Å². The minimum Gasteiger partial charge on any atom is -0.497 e. The third kappa shape index (κ3) is 1.74. The summed E-state index contributed by atoms with van der Waals surface area (Å²) in [5.74, 6) is -1.05. The molecule has 0 saturated heterocycles. The van der Waals surface area contributed by atoms with E-state index < -0.39 is 17.1 Å². The van der Waals surface area contributed by atoms with Gasteiger partial charge in [0.15, 0.2) is 5.43 Å². The van der Waals surface area contributed by atoms with Gasteiger partial charge >= 0.3 is 0 Å². The van der Waals surface area contributed by atoms with Crippen LogP contribution in [0.15, 0.2) is 35.1 Å². The van der Waals surface area contributed by atoms with Crippen LogP contribution >= 0.6 is 0 Å². The van der Waals surface area contributed by atoms with E-state index in [4.69, 9.17) is 4.74 Å². The van der Waals surface area contributed by atoms with Crippen LogP contribution in [0.5, 0.6) is 5.75 Å². The van der Waals surface area contributed by atoms with E-state index in [0.717, 1.165) is 6.07 Å². The Morgan fingerprint density at radius 1 is 1.11 bits per heavy atom. The van der Waals surface area contributed by atoms with Crippen molar-refractivity contribution in [3.8, 4) is 5.75 Å². The van der Waals surface area contributed by atoms with Gasteiger partial charge in [-0.2, -0.15) is 0 Å². The Morgan fingerprint density at radius 3 is 2.63 bits per heavy atom. The maximum absolute atomic E-state index is 13.7. The van der Waals surface area contributed by atoms with Gasteiger partial charge in [-0.1, -0.05) is 0 Å². The van der Waals surface area contributed by atoms with Crippen LogP contribution in [0.2, 0.25) is 0 Å². The molecule has 0 aliphatic rings. The van der Waals surface area contributed by atoms with E-state index in [1.165, 1.54) is 7.11 Å². The van der Waals surface area contributed by atoms with Crippen molar-refractivity contribution < 1.29 is 13.5 Å². The number of rotatable bonds is 1. The first-order chi connectivity index (χ1) is 9.10. The highest BCUT2D eigenvalue weighted by Gasteiger charge is 2.11. The largest absolute Gasteiger partial charge is 0.497 e. The lowest BCUT2D eigenvalue weighted by Crippen LogP contribution is -2.06. The molecule has 2 aromatic carbocycles. The van der Waals surface area contributed by atoms with Crippen molar-refractivity contribution in [1.29, 1.82) is 0 Å². The van der Waals surface area contributed by atoms with E-state index in [0.29, 0.717) is 22.7 Å². The first-order valence-corrected chi connectivity index (χ1v) is 5.59. The molecule has 1 N–H and O–H groups in total. The van der Waals surface area contributed by atoms with Crippen LogP contribution in [-0.2, 0) is 0 Å². The van der Waals surface area contributed by atoms with Gasteiger partial charge in [0.2, 0.25) is 0 Å². The summed E-state index contributed by atoms with van der Waals surface area (Å²) < 4.78 is 31.9. The number of nitrogens with one attached hydrogen (secondary N) is 1. The number of methoxy groups -OCH3 is 1. The van der Waals surface area contributed by atoms with E-state index >= 15 is 0 Å². The zero-order valence-electron chi connectivity index (χ0n) is 9.96. The molecular weight excluding hydrogens is 252 g/mol. The summed E-state index contributed by atoms with van der Waals surface area (Å²) in [5, 5.41) is 0.192. The normalized spacial score (nSPS) is 11.1. The maximum Gasteiger partial charge on any atom is 0.200 e. The lowest BCUT2D eigenvalue weighted by molar-refractivity contribution is 0.415. The summed E-state index contributed by atoms with van der Waals surface area (Å²) in [7, 11) is 1.50. The molecule has 3 aromatic rings. The van der Waals surface area contributed by atoms with Gasteiger partial charge in [-0.25, -0.2) is 8.78 Å². The van der Waals surface area contributed by atoms with Gasteiger partial charge in [0.1, 0.15) is 17.4 Å². The molecule has 0 aliphatic carbocycles. The molecule has 0 atom stereocenters. The molecule has 0 radical (unpaired) electrons. The Hall–Kier alpha value is -2.43. The highest BCUT2D eigenvalue weighted by molar-refractivity contribution is 5.93. The molecule has 19 heavy (non-hydrogen) atoms. The average Bonchev–Trinajstić information content (AvgIpc) is 2.37. The van der Waals surface area contributed by atoms with Crippen LogP contribution in [0.25, 0.3) is 21.8 Å². The van der Waals surface area contributed by atoms with Gasteiger partial charge in [-0.05, 0) is 18.2 Å². The number of halogens is 2. The molecule has 5 heteroatoms. The molecule has 0 bridgehead atoms. The molecule has 0 amide bonds. The number of pyridine rings is 1. The summed E-state index contributed by atoms with van der Waals surface area (Å²) in [6.45, 7) is 0. The fourth-order valence-electron chi connectivity index (χ4n) is 2.13. The van der Waals surface area contributed by atoms with Crippen molar-refractivity contribution in [2.24, 2.45) is 0 Å². The van der Waals surface area contributed by atoms with Gasteiger partial charge in [0.25, 0.3) is 0 Å². The van der Waals surface area contributed by atoms with E-state index in [1.807, 2.05) is 0 Å². The van der Waals surface area contributed by atoms with Crippen LogP contribution in [0.1, 0.15) is 0 Å². The third-order valence-corrected chi connectivity index (χ3v) is 3.02. The van der Waals surface area contributed by atoms with Gasteiger partial charge in [0.05, 0.1) is 23.5 Å². The summed E-state index contributed by atoms with van der Waals surface area (Å²) in [5.41, 5.74) is 0.133. The molecule has 3 rings (SSSR count). The molecule has 1 aromatic heterocycles. The minimum atomic E-state index is -0.867. The molecule has 0 fully saturated rings. The fourth-order valence-corrected chi connectivity index (χ4v) is 2.13. The topological polar surface area (TPSA) is 42.1 Å². The number of hydrogen-bond acceptors (Lipinski definition) is 2. The molecule has 0 unspecified atom stereocenters. The molecule has 0 saturated carbocycles. The van der Waals surface area contributed by atoms with Gasteiger partial charge in [-0.3, -0.25) is 4.79 Å². The zero-order valence-corrected chi connectivity index (χ0v) is 9.96. The number of ether oxygens (including phenoxy) is 1. The lowest BCUT2D eigenvalue weighted by Gasteiger charge is -2.05. The van der Waals surface area contributed by atoms with Crippen molar-refractivity contribution >= 4 is 21.8 Å². The second kappa shape index (κ2) is 4.05. The third-order valence-electron chi connectivity index (χ3n) is 3.02. The number of aromatic amines is 1. The number of benzene rings is 2. The number of aromatic nitrogens is 1. The van der Waals surface area contributed by atoms with Crippen LogP contribution in [-0.4, -0.2) is 12.1 Å². The summed E-state index contributed by atoms with van der Waals surface area (Å²) in [4.78, 5) is 15.0. The summed E-state index contributed by atoms with van der Waals surface area (Å²) in [6, 6.07) is 6.57. The second-order valence-corrected chi connectivity index (χ2v) is 4.18. The van der Waals surface area contributed by atoms with Gasteiger partial charge in [0, 0.05) is 17.5 Å². The summed E-state index contributed by atoms with van der Waals surface area (Å²) in [6.07, 6.45) is 0. The van der Waals surface area contributed by atoms with E-state index in [2.05, 4.69) is 4.98 Å². The van der Waals surface area contributed by atoms with Gasteiger partial charge < -0.3 is 9.72 Å². The Balaban J connectivity index is 2.52. The van der Waals surface area contributed by atoms with Crippen molar-refractivity contribution in [3.63, 3.8) is 0 Å². The van der Waals surface area contributed by atoms with E-state index in [9.17, 15) is 13.6 Å². The van der Waals surface area contributed by atoms with Crippen LogP contribution in [0.3, 0.4) is 0 Å². The molecule has 3 nitrogen and oxygen atoms in total. The van der Waals surface area contributed by atoms with Crippen molar-refractivity contribution in [2.45, 2.75) is 0 Å². The quantitative estimate of drug-likeness (QED) is 0.684. The van der Waals surface area contributed by atoms with Crippen molar-refractivity contribution in [1.82, 2.24) is 4.98 Å². The maximum atomic E-state index is 13.7. The highest BCUT2D eigenvalue weighted by Crippen LogP contribution is 2.21. The molecule has 0 spiro atoms. The Kier molecular flexibility index (Phi) is 2.48. The predicted molar refractivity (Wildman–Crippen MR) is 68.5 cm³/mol. The van der Waals surface area contributed by atoms with E-state index in [-0.39, 0.29) is 10.9 Å². The second-order valence-electron chi connectivity index (χ2n) is 4.18. The Morgan fingerprint density at radius 2 is 1.89 bits per heavy atom. The first kappa shape index (κ1) is 11.6. The minimum absolute atomic E-state index is 0.128. The number of fused-ring (bicyclic) bond motifs is 2. The number of H-pyrrole nitrogens is 1. The molecule has 0 aliphatic heterocycles. The Bertz CT molecular complexity index is 855. The molecule has 1 heterocycles. The first-order valence-electron chi connectivity index (χ1n) is 5.59.